The first-order chi connectivity index (χ1) is 9.66. The molecule has 0 fully saturated rings. The van der Waals surface area contributed by atoms with Gasteiger partial charge in [-0.1, -0.05) is 38.1 Å². The van der Waals surface area contributed by atoms with Gasteiger partial charge in [-0.3, -0.25) is 9.78 Å². The van der Waals surface area contributed by atoms with Gasteiger partial charge < -0.3 is 0 Å². The molecule has 20 heavy (non-hydrogen) atoms. The molecule has 2 rings (SSSR count). The lowest BCUT2D eigenvalue weighted by atomic mass is 10.0. The normalized spacial score (nSPS) is 10.9. The average molecular weight is 267 g/mol. The lowest BCUT2D eigenvalue weighted by molar-refractivity contribution is 0.0955. The van der Waals surface area contributed by atoms with Gasteiger partial charge in [0.2, 0.25) is 0 Å². The van der Waals surface area contributed by atoms with E-state index in [4.69, 9.17) is 0 Å². The van der Waals surface area contributed by atoms with E-state index >= 15 is 0 Å². The maximum absolute atomic E-state index is 11.7. The second-order valence-corrected chi connectivity index (χ2v) is 4.76. The van der Waals surface area contributed by atoms with E-state index in [1.807, 2.05) is 12.1 Å². The second kappa shape index (κ2) is 6.61. The molecule has 2 aromatic rings. The molecule has 0 atom stereocenters. The van der Waals surface area contributed by atoms with Crippen molar-refractivity contribution in [3.05, 3.63) is 65.5 Å². The van der Waals surface area contributed by atoms with E-state index < -0.39 is 0 Å². The number of hydrogen-bond donors (Lipinski definition) is 1. The predicted molar refractivity (Wildman–Crippen MR) is 79.8 cm³/mol. The zero-order chi connectivity index (χ0) is 14.4. The molecule has 0 saturated heterocycles. The largest absolute Gasteiger partial charge is 0.272 e. The Balaban J connectivity index is 1.95. The topological polar surface area (TPSA) is 54.4 Å². The molecule has 4 heteroatoms. The van der Waals surface area contributed by atoms with Crippen LogP contribution in [0.4, 0.5) is 0 Å². The smallest absolute Gasteiger partial charge is 0.267 e. The second-order valence-electron chi connectivity index (χ2n) is 4.76. The molecule has 0 saturated carbocycles. The van der Waals surface area contributed by atoms with Gasteiger partial charge in [-0.25, -0.2) is 5.43 Å². The summed E-state index contributed by atoms with van der Waals surface area (Å²) in [5, 5.41) is 3.94. The van der Waals surface area contributed by atoms with Crippen LogP contribution in [0.2, 0.25) is 0 Å². The van der Waals surface area contributed by atoms with Gasteiger partial charge in [-0.15, -0.1) is 0 Å². The highest BCUT2D eigenvalue weighted by molar-refractivity contribution is 5.94. The Hall–Kier alpha value is -2.49. The van der Waals surface area contributed by atoms with Crippen LogP contribution in [-0.4, -0.2) is 17.1 Å². The fraction of sp³-hybridized carbons (Fsp3) is 0.188. The molecule has 0 aliphatic heterocycles. The van der Waals surface area contributed by atoms with Crippen LogP contribution in [0.1, 0.15) is 41.3 Å². The highest BCUT2D eigenvalue weighted by Crippen LogP contribution is 2.13. The molecule has 102 valence electrons. The van der Waals surface area contributed by atoms with Gasteiger partial charge in [-0.05, 0) is 29.2 Å². The van der Waals surface area contributed by atoms with Crippen molar-refractivity contribution in [1.82, 2.24) is 10.4 Å². The number of nitrogens with zero attached hydrogens (tertiary/aromatic N) is 2. The Morgan fingerprint density at radius 3 is 2.60 bits per heavy atom. The van der Waals surface area contributed by atoms with Gasteiger partial charge in [0.15, 0.2) is 0 Å². The van der Waals surface area contributed by atoms with Crippen molar-refractivity contribution < 1.29 is 4.79 Å². The number of amides is 1. The van der Waals surface area contributed by atoms with Gasteiger partial charge in [0.1, 0.15) is 0 Å². The molecule has 1 aromatic carbocycles. The monoisotopic (exact) mass is 267 g/mol. The summed E-state index contributed by atoms with van der Waals surface area (Å²) in [6.07, 6.45) is 4.75. The molecule has 0 aliphatic carbocycles. The summed E-state index contributed by atoms with van der Waals surface area (Å²) in [6, 6.07) is 11.5. The molecule has 4 nitrogen and oxygen atoms in total. The highest BCUT2D eigenvalue weighted by atomic mass is 16.2. The zero-order valence-electron chi connectivity index (χ0n) is 11.6. The number of benzene rings is 1. The van der Waals surface area contributed by atoms with Crippen molar-refractivity contribution in [2.75, 3.05) is 0 Å². The summed E-state index contributed by atoms with van der Waals surface area (Å²) in [6.45, 7) is 4.30. The minimum absolute atomic E-state index is 0.270. The lowest BCUT2D eigenvalue weighted by Crippen LogP contribution is -2.17. The molecule has 0 unspecified atom stereocenters. The number of carbonyl (C=O) groups is 1. The summed E-state index contributed by atoms with van der Waals surface area (Å²) < 4.78 is 0. The third-order valence-electron chi connectivity index (χ3n) is 2.91. The van der Waals surface area contributed by atoms with Crippen LogP contribution in [-0.2, 0) is 0 Å². The SMILES string of the molecule is CC(C)c1ccc(/C=N\NC(=O)c2cccnc2)cc1. The Bertz CT molecular complexity index is 589. The van der Waals surface area contributed by atoms with Crippen molar-refractivity contribution in [3.63, 3.8) is 0 Å². The molecule has 0 bridgehead atoms. The zero-order valence-corrected chi connectivity index (χ0v) is 11.6. The molecular weight excluding hydrogens is 250 g/mol. The number of hydrogen-bond acceptors (Lipinski definition) is 3. The molecule has 1 N–H and O–H groups in total. The summed E-state index contributed by atoms with van der Waals surface area (Å²) in [5.41, 5.74) is 5.19. The van der Waals surface area contributed by atoms with E-state index in [0.717, 1.165) is 5.56 Å². The van der Waals surface area contributed by atoms with Crippen molar-refractivity contribution in [2.45, 2.75) is 19.8 Å². The highest BCUT2D eigenvalue weighted by Gasteiger charge is 2.02. The summed E-state index contributed by atoms with van der Waals surface area (Å²) in [5.74, 6) is 0.236. The van der Waals surface area contributed by atoms with Crippen LogP contribution in [0, 0.1) is 0 Å². The van der Waals surface area contributed by atoms with Gasteiger partial charge >= 0.3 is 0 Å². The van der Waals surface area contributed by atoms with Crippen LogP contribution in [0.25, 0.3) is 0 Å². The Labute approximate surface area is 118 Å². The standard InChI is InChI=1S/C16H17N3O/c1-12(2)14-7-5-13(6-8-14)10-18-19-16(20)15-4-3-9-17-11-15/h3-12H,1-2H3,(H,19,20)/b18-10-. The number of carbonyl (C=O) groups excluding carboxylic acids is 1. The van der Waals surface area contributed by atoms with Crippen LogP contribution in [0.5, 0.6) is 0 Å². The summed E-state index contributed by atoms with van der Waals surface area (Å²) in [4.78, 5) is 15.6. The Morgan fingerprint density at radius 2 is 2.00 bits per heavy atom. The number of aromatic nitrogens is 1. The first-order valence-electron chi connectivity index (χ1n) is 6.50. The van der Waals surface area contributed by atoms with Crippen molar-refractivity contribution in [3.8, 4) is 0 Å². The number of hydrazone groups is 1. The fourth-order valence-electron chi connectivity index (χ4n) is 1.69. The minimum Gasteiger partial charge on any atom is -0.267 e. The van der Waals surface area contributed by atoms with E-state index in [1.165, 1.54) is 11.8 Å². The molecule has 0 spiro atoms. The fourth-order valence-corrected chi connectivity index (χ4v) is 1.69. The summed E-state index contributed by atoms with van der Waals surface area (Å²) in [7, 11) is 0. The van der Waals surface area contributed by atoms with Gasteiger partial charge in [0.05, 0.1) is 11.8 Å². The van der Waals surface area contributed by atoms with E-state index in [9.17, 15) is 4.79 Å². The average Bonchev–Trinajstić information content (AvgIpc) is 2.48. The Kier molecular flexibility index (Phi) is 4.60. The van der Waals surface area contributed by atoms with Crippen molar-refractivity contribution in [1.29, 1.82) is 0 Å². The third kappa shape index (κ3) is 3.75. The van der Waals surface area contributed by atoms with Gasteiger partial charge in [0.25, 0.3) is 5.91 Å². The van der Waals surface area contributed by atoms with Crippen LogP contribution < -0.4 is 5.43 Å². The quantitative estimate of drug-likeness (QED) is 0.684. The summed E-state index contributed by atoms with van der Waals surface area (Å²) >= 11 is 0. The molecule has 0 radical (unpaired) electrons. The number of pyridine rings is 1. The van der Waals surface area contributed by atoms with E-state index in [0.29, 0.717) is 11.5 Å². The first kappa shape index (κ1) is 13.9. The van der Waals surface area contributed by atoms with E-state index in [-0.39, 0.29) is 5.91 Å². The molecule has 1 amide bonds. The predicted octanol–water partition coefficient (Wildman–Crippen LogP) is 2.97. The molecule has 0 aliphatic rings. The molecule has 1 aromatic heterocycles. The van der Waals surface area contributed by atoms with Gasteiger partial charge in [-0.2, -0.15) is 5.10 Å². The number of nitrogens with one attached hydrogen (secondary N) is 1. The van der Waals surface area contributed by atoms with Crippen LogP contribution in [0.3, 0.4) is 0 Å². The van der Waals surface area contributed by atoms with E-state index in [1.54, 1.807) is 24.5 Å². The van der Waals surface area contributed by atoms with Crippen molar-refractivity contribution >= 4 is 12.1 Å². The third-order valence-corrected chi connectivity index (χ3v) is 2.91. The van der Waals surface area contributed by atoms with Crippen molar-refractivity contribution in [2.24, 2.45) is 5.10 Å². The van der Waals surface area contributed by atoms with Crippen LogP contribution >= 0.6 is 0 Å². The minimum atomic E-state index is -0.270. The lowest BCUT2D eigenvalue weighted by Gasteiger charge is -2.04. The maximum Gasteiger partial charge on any atom is 0.272 e. The molecule has 1 heterocycles. The maximum atomic E-state index is 11.7. The first-order valence-corrected chi connectivity index (χ1v) is 6.50. The van der Waals surface area contributed by atoms with E-state index in [2.05, 4.69) is 41.5 Å². The molecular formula is C16H17N3O. The Morgan fingerprint density at radius 1 is 1.25 bits per heavy atom. The van der Waals surface area contributed by atoms with Gasteiger partial charge in [0, 0.05) is 12.4 Å². The number of rotatable bonds is 4. The van der Waals surface area contributed by atoms with Crippen LogP contribution in [0.15, 0.2) is 53.9 Å².